The average Bonchev–Trinajstić information content (AvgIpc) is 3.56. The van der Waals surface area contributed by atoms with Crippen molar-refractivity contribution in [3.05, 3.63) is 71.8 Å². The summed E-state index contributed by atoms with van der Waals surface area (Å²) in [5.41, 5.74) is 0.460. The van der Waals surface area contributed by atoms with E-state index in [0.29, 0.717) is 0 Å². The molecule has 2 aromatic rings. The van der Waals surface area contributed by atoms with Crippen LogP contribution >= 0.6 is 0 Å². The zero-order chi connectivity index (χ0) is 73.1. The molecule has 2 rings (SSSR count). The van der Waals surface area contributed by atoms with Gasteiger partial charge in [0.05, 0.1) is 0 Å². The number of carboxylic acid groups (broad SMARTS) is 1. The number of hydrogen-bond acceptors (Lipinski definition) is 12. The summed E-state index contributed by atoms with van der Waals surface area (Å²) in [6, 6.07) is 16.7. The zero-order valence-corrected chi connectivity index (χ0v) is 32.8. The molecule has 0 fully saturated rings. The van der Waals surface area contributed by atoms with E-state index in [9.17, 15) is 28.8 Å². The molecule has 15 nitrogen and oxygen atoms in total. The first-order chi connectivity index (χ1) is 40.4. The minimum Gasteiger partial charge on any atom is -0.480 e. The van der Waals surface area contributed by atoms with Gasteiger partial charge in [-0.25, -0.2) is 28.8 Å². The first kappa shape index (κ1) is 28.3. The molecular weight excluding hydrogens is 704 g/mol. The number of nitrogens with zero attached hydrogens (tertiary/aromatic N) is 2. The lowest BCUT2D eigenvalue weighted by Crippen LogP contribution is -2.45. The van der Waals surface area contributed by atoms with Crippen LogP contribution in [-0.4, -0.2) is 106 Å². The maximum absolute atomic E-state index is 12.2. The molecule has 2 amide bonds. The Balaban J connectivity index is -0.0000000418. The Morgan fingerprint density at radius 3 is 1.33 bits per heavy atom. The molecule has 15 heteroatoms. The van der Waals surface area contributed by atoms with E-state index in [-0.39, 0.29) is 20.6 Å². The van der Waals surface area contributed by atoms with Crippen LogP contribution in [0, 0.1) is 0 Å². The van der Waals surface area contributed by atoms with Crippen molar-refractivity contribution >= 4 is 36.1 Å². The fourth-order valence-corrected chi connectivity index (χ4v) is 3.32. The highest BCUT2D eigenvalue weighted by atomic mass is 16.6. The van der Waals surface area contributed by atoms with Crippen LogP contribution in [0.25, 0.3) is 0 Å². The van der Waals surface area contributed by atoms with Crippen LogP contribution in [0.2, 0.25) is 0 Å². The molecule has 336 valence electrons. The molecule has 0 saturated carbocycles. The summed E-state index contributed by atoms with van der Waals surface area (Å²) in [5.74, 6) is -3.03. The number of aliphatic hydroxyl groups excluding tert-OH is 1. The summed E-state index contributed by atoms with van der Waals surface area (Å²) in [6.07, 6.45) is -3.42. The Morgan fingerprint density at radius 1 is 0.648 bits per heavy atom. The van der Waals surface area contributed by atoms with Crippen molar-refractivity contribution in [3.8, 4) is 0 Å². The van der Waals surface area contributed by atoms with E-state index in [4.69, 9.17) is 81.4 Å². The summed E-state index contributed by atoms with van der Waals surface area (Å²) in [5, 5.41) is 17.5. The fourth-order valence-electron chi connectivity index (χ4n) is 3.32. The maximum atomic E-state index is 12.2. The molecule has 4 atom stereocenters. The van der Waals surface area contributed by atoms with Gasteiger partial charge in [-0.2, -0.15) is 0 Å². The number of amides is 2. The number of hydrogen-bond donors (Lipinski definition) is 2. The molecule has 0 unspecified atom stereocenters. The molecule has 0 aromatic heterocycles. The molecule has 54 heavy (non-hydrogen) atoms. The average molecular weight is 829 g/mol. The van der Waals surface area contributed by atoms with E-state index in [0.717, 1.165) is 20.9 Å². The van der Waals surface area contributed by atoms with Crippen molar-refractivity contribution in [1.29, 1.82) is 0 Å². The lowest BCUT2D eigenvalue weighted by Gasteiger charge is -2.28. The number of esters is 3. The monoisotopic (exact) mass is 829 g/mol. The minimum atomic E-state index is -1.08. The summed E-state index contributed by atoms with van der Waals surface area (Å²) in [6.45, 7) is 16.4. The van der Waals surface area contributed by atoms with Gasteiger partial charge in [0.15, 0.2) is 6.10 Å². The Hall–Kier alpha value is -5.18. The van der Waals surface area contributed by atoms with Gasteiger partial charge in [-0.05, 0) is 80.4 Å². The largest absolute Gasteiger partial charge is 0.480 e. The van der Waals surface area contributed by atoms with Crippen molar-refractivity contribution in [3.63, 3.8) is 0 Å². The Kier molecular flexibility index (Phi) is 12.7. The minimum absolute atomic E-state index is 0. The van der Waals surface area contributed by atoms with Gasteiger partial charge in [0, 0.05) is 61.6 Å². The number of aliphatic hydroxyl groups is 1. The van der Waals surface area contributed by atoms with Gasteiger partial charge >= 0.3 is 36.1 Å². The second kappa shape index (κ2) is 24.2. The number of likely N-dealkylation sites (N-methyl/N-ethyl adjacent to an activating group) is 2. The molecule has 0 saturated heterocycles. The van der Waals surface area contributed by atoms with Crippen molar-refractivity contribution < 1.29 is 110 Å². The number of carboxylic acids is 1. The molecule has 0 heterocycles. The molecular formula is C39H92N2O13. The van der Waals surface area contributed by atoms with E-state index >= 15 is 0 Å². The SMILES string of the molecule is C.C[C@@H](C(=O)O)N(C)C(=O)OC(C)(C)C.C[C@@H](OC(=O)[C@H](C)N(C)C(=O)OC(C)(C)C)C(=O)OCc1ccccc1.C[C@H](O)C(=O)OCc1ccccc1.[2H][2H].[2H][2H].[2H][2H].[2H][2H].[2H][2H].[2H][2H].[2H][2H].[2H][2H].[2H][2H].[2H][2H].[2H][2H].[2H][2H].[2H][2H].[2H][2H].[2H][2H].[2H][2H]. The van der Waals surface area contributed by atoms with Crippen LogP contribution in [0.4, 0.5) is 9.59 Å². The summed E-state index contributed by atoms with van der Waals surface area (Å²) in [7, 11) is 2.82. The van der Waals surface area contributed by atoms with Crippen LogP contribution in [0.3, 0.4) is 0 Å². The predicted octanol–water partition coefficient (Wildman–Crippen LogP) is 9.93. The molecule has 0 radical (unpaired) electrons. The number of carbonyl (C=O) groups is 6. The summed E-state index contributed by atoms with van der Waals surface area (Å²) >= 11 is 0. The number of benzene rings is 2. The van der Waals surface area contributed by atoms with Gasteiger partial charge in [-0.3, -0.25) is 9.80 Å². The number of rotatable bonds is 11. The van der Waals surface area contributed by atoms with E-state index in [1.807, 2.05) is 60.7 Å². The zero-order valence-electron chi connectivity index (χ0n) is 64.8. The molecule has 0 bridgehead atoms. The van der Waals surface area contributed by atoms with Crippen molar-refractivity contribution in [1.82, 2.24) is 9.80 Å². The van der Waals surface area contributed by atoms with Crippen molar-refractivity contribution in [2.45, 2.75) is 125 Å². The fraction of sp³-hybridized carbons (Fsp3) is 0.538. The second-order valence-corrected chi connectivity index (χ2v) is 13.8. The van der Waals surface area contributed by atoms with Gasteiger partial charge in [-0.15, -0.1) is 0 Å². The molecule has 2 aromatic carbocycles. The third-order valence-electron chi connectivity index (χ3n) is 6.64. The number of aliphatic carboxylic acids is 1. The molecule has 0 aliphatic heterocycles. The molecule has 2 N–H and O–H groups in total. The smallest absolute Gasteiger partial charge is 0.410 e. The van der Waals surface area contributed by atoms with Crippen molar-refractivity contribution in [2.75, 3.05) is 14.1 Å². The molecule has 0 aliphatic rings. The Labute approximate surface area is 368 Å². The van der Waals surface area contributed by atoms with Gasteiger partial charge < -0.3 is 33.9 Å². The van der Waals surface area contributed by atoms with Gasteiger partial charge in [0.2, 0.25) is 0 Å². The normalized spacial score (nSPS) is 15.1. The van der Waals surface area contributed by atoms with Gasteiger partial charge in [-0.1, -0.05) is 68.1 Å². The van der Waals surface area contributed by atoms with Crippen LogP contribution < -0.4 is 0 Å². The summed E-state index contributed by atoms with van der Waals surface area (Å²) < 4.78 is 185. The summed E-state index contributed by atoms with van der Waals surface area (Å²) in [4.78, 5) is 71.0. The third-order valence-corrected chi connectivity index (χ3v) is 6.64. The standard InChI is InChI=1S/C19H27NO6.C10H12O3.C9H17NO4.CH4.16H2/c1-13(20(6)18(23)26-19(3,4)5)16(21)25-14(2)17(22)24-12-15-10-8-7-9-11-15;1-8(11)10(12)13-7-9-5-3-2-4-6-9;1-6(7(11)12)10(5)8(13)14-9(2,3)4;;;;;;;;;;;;;;;;;/h7-11,13-14H,12H2,1-6H3;2-6,8,11H,7H2,1H3;6H,1-5H3,(H,11,12);1H4;16*1H/t13-,14+;8-;6-;;;;;;;;;;;;;;;;;/m000................./s1/i;;;;16*1+1D. The van der Waals surface area contributed by atoms with Crippen LogP contribution in [0.1, 0.15) is 135 Å². The van der Waals surface area contributed by atoms with E-state index < -0.39 is 71.6 Å². The number of ether oxygens (including phenoxy) is 5. The van der Waals surface area contributed by atoms with Crippen LogP contribution in [0.5, 0.6) is 0 Å². The second-order valence-electron chi connectivity index (χ2n) is 13.8. The topological polar surface area (TPSA) is 196 Å². The first-order valence-corrected chi connectivity index (χ1v) is 16.8. The maximum Gasteiger partial charge on any atom is 0.410 e. The van der Waals surface area contributed by atoms with E-state index in [1.54, 1.807) is 41.5 Å². The van der Waals surface area contributed by atoms with Gasteiger partial charge in [0.25, 0.3) is 0 Å². The number of carbonyl (C=O) groups excluding carboxylic acids is 5. The van der Waals surface area contributed by atoms with Crippen LogP contribution in [0.15, 0.2) is 60.7 Å². The quantitative estimate of drug-likeness (QED) is 0.161. The highest BCUT2D eigenvalue weighted by Crippen LogP contribution is 2.13. The van der Waals surface area contributed by atoms with Crippen LogP contribution in [-0.2, 0) is 56.1 Å². The van der Waals surface area contributed by atoms with Gasteiger partial charge in [0.1, 0.15) is 42.6 Å². The Morgan fingerprint density at radius 2 is 1.00 bits per heavy atom. The predicted molar refractivity (Wildman–Crippen MR) is 235 cm³/mol. The molecule has 0 spiro atoms. The highest BCUT2D eigenvalue weighted by molar-refractivity contribution is 5.84. The highest BCUT2D eigenvalue weighted by Gasteiger charge is 2.30. The third kappa shape index (κ3) is 22.0. The lowest BCUT2D eigenvalue weighted by molar-refractivity contribution is -0.169. The molecule has 0 aliphatic carbocycles. The van der Waals surface area contributed by atoms with E-state index in [1.165, 1.54) is 41.8 Å². The lowest BCUT2D eigenvalue weighted by atomic mass is 10.2. The Bertz CT molecular complexity index is 1530. The first-order valence-electron chi connectivity index (χ1n) is 32.8. The van der Waals surface area contributed by atoms with Crippen molar-refractivity contribution in [2.24, 2.45) is 0 Å². The van der Waals surface area contributed by atoms with E-state index in [2.05, 4.69) is 0 Å².